The van der Waals surface area contributed by atoms with Gasteiger partial charge in [-0.05, 0) is 12.2 Å². The number of allylic oxidation sites excluding steroid dienone is 2. The molecular weight excluding hydrogens is 298 g/mol. The van der Waals surface area contributed by atoms with Gasteiger partial charge in [0.25, 0.3) is 20.2 Å². The van der Waals surface area contributed by atoms with Crippen molar-refractivity contribution in [2.45, 2.75) is 10.1 Å². The number of hydrogen-bond donors (Lipinski definition) is 3. The van der Waals surface area contributed by atoms with Gasteiger partial charge in [-0.3, -0.25) is 13.9 Å². The van der Waals surface area contributed by atoms with Gasteiger partial charge in [0, 0.05) is 0 Å². The summed E-state index contributed by atoms with van der Waals surface area (Å²) in [6.45, 7) is 3.08. The van der Waals surface area contributed by atoms with E-state index in [9.17, 15) is 26.2 Å². The van der Waals surface area contributed by atoms with Crippen molar-refractivity contribution in [2.75, 3.05) is 0 Å². The number of rotatable bonds is 4. The maximum Gasteiger partial charge on any atom is 0.294 e. The Hall–Kier alpha value is -1.49. The molecule has 19 heavy (non-hydrogen) atoms. The summed E-state index contributed by atoms with van der Waals surface area (Å²) in [6, 6.07) is 0. The summed E-state index contributed by atoms with van der Waals surface area (Å²) >= 11 is 0. The number of nitrogens with one attached hydrogen (secondary N) is 1. The monoisotopic (exact) mass is 309 g/mol. The zero-order chi connectivity index (χ0) is 14.9. The van der Waals surface area contributed by atoms with Crippen molar-refractivity contribution < 1.29 is 30.7 Å². The SMILES string of the molecule is C=CC(=O)NC1(S(=O)(=O)O)C=CC=CC1S(=O)(=O)O. The summed E-state index contributed by atoms with van der Waals surface area (Å²) in [5.74, 6) is -1.04. The molecule has 8 nitrogen and oxygen atoms in total. The van der Waals surface area contributed by atoms with Crippen LogP contribution in [0.2, 0.25) is 0 Å². The van der Waals surface area contributed by atoms with E-state index >= 15 is 0 Å². The Morgan fingerprint density at radius 2 is 1.84 bits per heavy atom. The first-order valence-corrected chi connectivity index (χ1v) is 7.73. The third-order valence-electron chi connectivity index (χ3n) is 2.42. The Morgan fingerprint density at radius 1 is 1.26 bits per heavy atom. The Morgan fingerprint density at radius 3 is 2.26 bits per heavy atom. The molecule has 0 saturated heterocycles. The van der Waals surface area contributed by atoms with E-state index in [0.717, 1.165) is 24.3 Å². The summed E-state index contributed by atoms with van der Waals surface area (Å²) in [7, 11) is -9.98. The van der Waals surface area contributed by atoms with Crippen LogP contribution in [0.15, 0.2) is 37.0 Å². The second-order valence-electron chi connectivity index (χ2n) is 3.64. The second-order valence-corrected chi connectivity index (χ2v) is 6.80. The molecule has 0 aromatic rings. The quantitative estimate of drug-likeness (QED) is 0.459. The third-order valence-corrected chi connectivity index (χ3v) is 5.08. The summed E-state index contributed by atoms with van der Waals surface area (Å²) in [6.07, 6.45) is 4.54. The third kappa shape index (κ3) is 2.92. The first kappa shape index (κ1) is 15.6. The molecule has 1 rings (SSSR count). The smallest absolute Gasteiger partial charge is 0.294 e. The first-order valence-electron chi connectivity index (χ1n) is 4.78. The van der Waals surface area contributed by atoms with Gasteiger partial charge in [0.15, 0.2) is 0 Å². The van der Waals surface area contributed by atoms with Crippen LogP contribution in [0.4, 0.5) is 0 Å². The molecule has 0 bridgehead atoms. The number of hydrogen-bond acceptors (Lipinski definition) is 5. The van der Waals surface area contributed by atoms with Crippen molar-refractivity contribution in [2.24, 2.45) is 0 Å². The van der Waals surface area contributed by atoms with E-state index < -0.39 is 36.3 Å². The molecule has 0 aliphatic heterocycles. The molecule has 0 saturated carbocycles. The van der Waals surface area contributed by atoms with E-state index in [1.54, 1.807) is 5.32 Å². The van der Waals surface area contributed by atoms with Gasteiger partial charge < -0.3 is 5.32 Å². The van der Waals surface area contributed by atoms with Gasteiger partial charge in [-0.15, -0.1) is 0 Å². The molecule has 0 fully saturated rings. The van der Waals surface area contributed by atoms with E-state index in [1.165, 1.54) is 0 Å². The molecule has 2 atom stereocenters. The van der Waals surface area contributed by atoms with Crippen molar-refractivity contribution in [3.05, 3.63) is 37.0 Å². The Kier molecular flexibility index (Phi) is 4.00. The Labute approximate surface area is 110 Å². The van der Waals surface area contributed by atoms with Crippen molar-refractivity contribution in [3.8, 4) is 0 Å². The Bertz CT molecular complexity index is 659. The number of amides is 1. The van der Waals surface area contributed by atoms with Crippen molar-refractivity contribution in [3.63, 3.8) is 0 Å². The van der Waals surface area contributed by atoms with Crippen LogP contribution in [0.5, 0.6) is 0 Å². The van der Waals surface area contributed by atoms with Crippen LogP contribution in [-0.2, 0) is 25.0 Å². The lowest BCUT2D eigenvalue weighted by Crippen LogP contribution is -2.62. The molecule has 106 valence electrons. The fraction of sp³-hybridized carbons (Fsp3) is 0.222. The average molecular weight is 309 g/mol. The van der Waals surface area contributed by atoms with Gasteiger partial charge in [0.2, 0.25) is 10.8 Å². The second kappa shape index (κ2) is 4.89. The molecule has 1 aliphatic carbocycles. The predicted octanol–water partition coefficient (Wildman–Crippen LogP) is -0.745. The van der Waals surface area contributed by atoms with Gasteiger partial charge in [-0.1, -0.05) is 24.8 Å². The zero-order valence-electron chi connectivity index (χ0n) is 9.42. The van der Waals surface area contributed by atoms with Crippen molar-refractivity contribution in [1.29, 1.82) is 0 Å². The summed E-state index contributed by atoms with van der Waals surface area (Å²) < 4.78 is 63.7. The average Bonchev–Trinajstić information content (AvgIpc) is 2.26. The fourth-order valence-electron chi connectivity index (χ4n) is 1.58. The standard InChI is InChI=1S/C9H11NO7S2/c1-2-8(11)10-9(19(15,16)17)6-4-3-5-7(9)18(12,13)14/h2-7H,1H2,(H,10,11)(H,12,13,14)(H,15,16,17). The van der Waals surface area contributed by atoms with Gasteiger partial charge in [0.1, 0.15) is 5.25 Å². The minimum Gasteiger partial charge on any atom is -0.327 e. The maximum atomic E-state index is 11.5. The first-order chi connectivity index (χ1) is 8.54. The molecule has 0 aromatic heterocycles. The summed E-state index contributed by atoms with van der Waals surface area (Å²) in [5, 5.41) is -0.273. The largest absolute Gasteiger partial charge is 0.327 e. The maximum absolute atomic E-state index is 11.5. The fourth-order valence-corrected chi connectivity index (χ4v) is 4.03. The van der Waals surface area contributed by atoms with Crippen molar-refractivity contribution in [1.82, 2.24) is 5.32 Å². The molecule has 10 heteroatoms. The molecule has 1 aliphatic rings. The molecule has 1 amide bonds. The number of carbonyl (C=O) groups is 1. The van der Waals surface area contributed by atoms with Crippen LogP contribution in [0.25, 0.3) is 0 Å². The highest BCUT2D eigenvalue weighted by Crippen LogP contribution is 2.29. The highest BCUT2D eigenvalue weighted by Gasteiger charge is 2.54. The topological polar surface area (TPSA) is 138 Å². The van der Waals surface area contributed by atoms with E-state index in [0.29, 0.717) is 6.08 Å². The minimum absolute atomic E-state index is 0.695. The van der Waals surface area contributed by atoms with Gasteiger partial charge in [-0.2, -0.15) is 16.8 Å². The van der Waals surface area contributed by atoms with Gasteiger partial charge in [0.05, 0.1) is 0 Å². The van der Waals surface area contributed by atoms with Crippen LogP contribution in [0.1, 0.15) is 0 Å². The van der Waals surface area contributed by atoms with Crippen LogP contribution < -0.4 is 5.32 Å². The van der Waals surface area contributed by atoms with Crippen LogP contribution >= 0.6 is 0 Å². The number of carbonyl (C=O) groups excluding carboxylic acids is 1. The highest BCUT2D eigenvalue weighted by atomic mass is 32.2. The molecule has 0 aromatic carbocycles. The van der Waals surface area contributed by atoms with E-state index in [2.05, 4.69) is 6.58 Å². The minimum atomic E-state index is -5.08. The lowest BCUT2D eigenvalue weighted by Gasteiger charge is -2.33. The van der Waals surface area contributed by atoms with Gasteiger partial charge in [-0.25, -0.2) is 0 Å². The summed E-state index contributed by atoms with van der Waals surface area (Å²) in [4.78, 5) is 8.56. The lowest BCUT2D eigenvalue weighted by atomic mass is 10.1. The molecular formula is C9H11NO7S2. The molecule has 0 heterocycles. The van der Waals surface area contributed by atoms with E-state index in [4.69, 9.17) is 4.55 Å². The van der Waals surface area contributed by atoms with Crippen molar-refractivity contribution >= 4 is 26.1 Å². The van der Waals surface area contributed by atoms with Crippen LogP contribution in [-0.4, -0.2) is 42.0 Å². The van der Waals surface area contributed by atoms with Crippen LogP contribution in [0, 0.1) is 0 Å². The molecule has 2 unspecified atom stereocenters. The molecule has 0 radical (unpaired) electrons. The Balaban J connectivity index is 3.54. The van der Waals surface area contributed by atoms with E-state index in [-0.39, 0.29) is 0 Å². The molecule has 3 N–H and O–H groups in total. The summed E-state index contributed by atoms with van der Waals surface area (Å²) in [5.41, 5.74) is 0. The normalized spacial score (nSPS) is 26.9. The van der Waals surface area contributed by atoms with Crippen LogP contribution in [0.3, 0.4) is 0 Å². The van der Waals surface area contributed by atoms with E-state index in [1.807, 2.05) is 0 Å². The zero-order valence-corrected chi connectivity index (χ0v) is 11.1. The molecule has 0 spiro atoms. The highest BCUT2D eigenvalue weighted by molar-refractivity contribution is 7.91. The predicted molar refractivity (Wildman–Crippen MR) is 66.2 cm³/mol. The van der Waals surface area contributed by atoms with Gasteiger partial charge >= 0.3 is 0 Å². The lowest BCUT2D eigenvalue weighted by molar-refractivity contribution is -0.117.